The molecule has 29 heavy (non-hydrogen) atoms. The second-order valence-electron chi connectivity index (χ2n) is 5.79. The molecule has 3 N–H and O–H groups in total. The summed E-state index contributed by atoms with van der Waals surface area (Å²) in [4.78, 5) is 10.9. The van der Waals surface area contributed by atoms with Crippen molar-refractivity contribution >= 4 is 38.2 Å². The third-order valence-electron chi connectivity index (χ3n) is 3.88. The van der Waals surface area contributed by atoms with Gasteiger partial charge in [-0.3, -0.25) is 4.55 Å². The molecule has 0 bridgehead atoms. The summed E-state index contributed by atoms with van der Waals surface area (Å²) in [6.45, 7) is 1.64. The maximum absolute atomic E-state index is 11.6. The molecule has 3 rings (SSSR count). The van der Waals surface area contributed by atoms with Gasteiger partial charge in [-0.2, -0.15) is 8.42 Å². The van der Waals surface area contributed by atoms with Gasteiger partial charge < -0.3 is 13.1 Å². The molecule has 0 amide bonds. The fraction of sp³-hybridized carbons (Fsp3) is 0.0556. The first kappa shape index (κ1) is 25.7. The van der Waals surface area contributed by atoms with Crippen LogP contribution in [0.15, 0.2) is 63.7 Å². The van der Waals surface area contributed by atoms with Gasteiger partial charge in [-0.15, -0.1) is 10.2 Å². The summed E-state index contributed by atoms with van der Waals surface area (Å²) >= 11 is 0. The van der Waals surface area contributed by atoms with Crippen molar-refractivity contribution in [2.24, 2.45) is 10.2 Å². The van der Waals surface area contributed by atoms with E-state index >= 15 is 0 Å². The number of aromatic hydroxyl groups is 1. The Morgan fingerprint density at radius 2 is 1.69 bits per heavy atom. The van der Waals surface area contributed by atoms with Crippen molar-refractivity contribution < 1.29 is 89.9 Å². The first-order chi connectivity index (χ1) is 12.7. The van der Waals surface area contributed by atoms with E-state index in [0.29, 0.717) is 16.3 Å². The van der Waals surface area contributed by atoms with Crippen molar-refractivity contribution in [1.82, 2.24) is 0 Å². The Bertz CT molecular complexity index is 1220. The summed E-state index contributed by atoms with van der Waals surface area (Å²) in [5, 5.41) is 28.2. The average Bonchev–Trinajstić information content (AvgIpc) is 2.60. The number of nitrogens with zero attached hydrogens (tertiary/aromatic N) is 2. The first-order valence-corrected chi connectivity index (χ1v) is 9.10. The van der Waals surface area contributed by atoms with Gasteiger partial charge in [0.15, 0.2) is 5.75 Å². The quantitative estimate of drug-likeness (QED) is 0.258. The van der Waals surface area contributed by atoms with Gasteiger partial charge in [0.1, 0.15) is 21.8 Å². The Hall–Kier alpha value is -1.30. The van der Waals surface area contributed by atoms with E-state index in [0.717, 1.165) is 0 Å². The number of fused-ring (bicyclic) bond motifs is 1. The summed E-state index contributed by atoms with van der Waals surface area (Å²) in [6, 6.07) is 12.1. The number of aryl methyl sites for hydroxylation is 1. The maximum Gasteiger partial charge on any atom is 1.00 e. The zero-order valence-electron chi connectivity index (χ0n) is 18.0. The molecule has 11 heteroatoms. The van der Waals surface area contributed by atoms with Crippen molar-refractivity contribution in [1.29, 1.82) is 0 Å². The van der Waals surface area contributed by atoms with Gasteiger partial charge in [0.2, 0.25) is 0 Å². The Balaban J connectivity index is 0. The van der Waals surface area contributed by atoms with E-state index in [9.17, 15) is 28.0 Å². The Morgan fingerprint density at radius 1 is 1.03 bits per heavy atom. The molecule has 8 nitrogen and oxygen atoms in total. The number of benzene rings is 3. The number of carboxylic acids is 1. The number of phenols is 1. The van der Waals surface area contributed by atoms with E-state index in [1.54, 1.807) is 37.3 Å². The Kier molecular flexibility index (Phi) is 9.00. The summed E-state index contributed by atoms with van der Waals surface area (Å²) in [5.41, 5.74) is -0.0380. The van der Waals surface area contributed by atoms with Crippen LogP contribution in [0.2, 0.25) is 0 Å². The first-order valence-electron chi connectivity index (χ1n) is 7.66. The van der Waals surface area contributed by atoms with Crippen LogP contribution in [0, 0.1) is 6.92 Å². The molecule has 0 saturated carbocycles. The molecule has 0 atom stereocenters. The average molecular weight is 434 g/mol. The van der Waals surface area contributed by atoms with Crippen LogP contribution >= 0.6 is 0 Å². The molecule has 0 unspecified atom stereocenters. The number of hydrogen-bond acceptors (Lipinski definition) is 6. The predicted octanol–water partition coefficient (Wildman–Crippen LogP) is -1.55. The van der Waals surface area contributed by atoms with E-state index in [1.807, 2.05) is 0 Å². The van der Waals surface area contributed by atoms with Gasteiger partial charge in [0.25, 0.3) is 10.1 Å². The molecule has 0 aliphatic carbocycles. The second-order valence-corrected chi connectivity index (χ2v) is 7.18. The van der Waals surface area contributed by atoms with E-state index in [-0.39, 0.29) is 78.9 Å². The number of aromatic carboxylic acids is 1. The zero-order chi connectivity index (χ0) is 19.8. The van der Waals surface area contributed by atoms with Gasteiger partial charge in [-0.05, 0) is 36.1 Å². The number of carboxylic acid groups (broad SMARTS) is 1. The molecular weight excluding hydrogens is 418 g/mol. The van der Waals surface area contributed by atoms with E-state index in [4.69, 9.17) is 0 Å². The van der Waals surface area contributed by atoms with Crippen LogP contribution in [0.1, 0.15) is 18.8 Å². The minimum absolute atomic E-state index is 0. The van der Waals surface area contributed by atoms with Crippen molar-refractivity contribution in [3.8, 4) is 5.75 Å². The maximum atomic E-state index is 11.6. The molecule has 0 heterocycles. The zero-order valence-corrected chi connectivity index (χ0v) is 20.8. The summed E-state index contributed by atoms with van der Waals surface area (Å²) in [5.74, 6) is -1.94. The van der Waals surface area contributed by atoms with Crippen molar-refractivity contribution in [3.05, 3.63) is 59.7 Å². The van der Waals surface area contributed by atoms with Gasteiger partial charge in [0.05, 0.1) is 0 Å². The van der Waals surface area contributed by atoms with Crippen molar-refractivity contribution in [3.63, 3.8) is 0 Å². The van der Waals surface area contributed by atoms with Crippen LogP contribution in [0.25, 0.3) is 10.8 Å². The largest absolute Gasteiger partial charge is 1.00 e. The molecule has 0 aliphatic rings. The van der Waals surface area contributed by atoms with Crippen molar-refractivity contribution in [2.75, 3.05) is 0 Å². The molecule has 0 aliphatic heterocycles. The van der Waals surface area contributed by atoms with Crippen LogP contribution in [0.4, 0.5) is 11.4 Å². The number of carbonyl (C=O) groups is 1. The van der Waals surface area contributed by atoms with E-state index in [2.05, 4.69) is 10.2 Å². The fourth-order valence-electron chi connectivity index (χ4n) is 2.60. The van der Waals surface area contributed by atoms with Crippen LogP contribution < -0.4 is 59.1 Å². The minimum atomic E-state index is -4.54. The SMILES string of the molecule is Cc1ccc(N=Nc2c(O)c(C(=O)O)cc3ccccc23)c(S(=O)(=O)O)c1.[H-].[H-].[Na+].[Na+]. The Morgan fingerprint density at radius 3 is 2.31 bits per heavy atom. The molecule has 0 fully saturated rings. The molecule has 3 aromatic rings. The van der Waals surface area contributed by atoms with Gasteiger partial charge in [-0.25, -0.2) is 4.79 Å². The summed E-state index contributed by atoms with van der Waals surface area (Å²) in [6.07, 6.45) is 0. The molecule has 0 saturated heterocycles. The molecule has 0 aromatic heterocycles. The molecule has 142 valence electrons. The fourth-order valence-corrected chi connectivity index (χ4v) is 3.30. The molecular formula is C18H16N2Na2O6S. The molecule has 3 aromatic carbocycles. The number of azo groups is 1. The van der Waals surface area contributed by atoms with Gasteiger partial charge in [0, 0.05) is 5.39 Å². The van der Waals surface area contributed by atoms with E-state index in [1.165, 1.54) is 18.2 Å². The normalized spacial score (nSPS) is 11.1. The summed E-state index contributed by atoms with van der Waals surface area (Å²) < 4.78 is 32.5. The van der Waals surface area contributed by atoms with Crippen LogP contribution in [-0.4, -0.2) is 29.2 Å². The Labute approximate surface area is 214 Å². The molecule has 0 spiro atoms. The monoisotopic (exact) mass is 434 g/mol. The third-order valence-corrected chi connectivity index (χ3v) is 4.76. The van der Waals surface area contributed by atoms with Gasteiger partial charge >= 0.3 is 65.1 Å². The van der Waals surface area contributed by atoms with Crippen LogP contribution in [0.5, 0.6) is 5.75 Å². The minimum Gasteiger partial charge on any atom is -1.00 e. The smallest absolute Gasteiger partial charge is 1.00 e. The topological polar surface area (TPSA) is 137 Å². The third kappa shape index (κ3) is 5.65. The van der Waals surface area contributed by atoms with Crippen molar-refractivity contribution in [2.45, 2.75) is 11.8 Å². The number of rotatable bonds is 4. The number of hydrogen-bond donors (Lipinski definition) is 3. The molecule has 0 radical (unpaired) electrons. The van der Waals surface area contributed by atoms with Gasteiger partial charge in [-0.1, -0.05) is 30.3 Å². The summed E-state index contributed by atoms with van der Waals surface area (Å²) in [7, 11) is -4.54. The predicted molar refractivity (Wildman–Crippen MR) is 100.0 cm³/mol. The van der Waals surface area contributed by atoms with Crippen LogP contribution in [-0.2, 0) is 10.1 Å². The standard InChI is InChI=1S/C18H14N2O6S.2Na.2H/c1-10-6-7-14(15(8-10)27(24,25)26)19-20-16-12-5-3-2-4-11(12)9-13(17(16)21)18(22)23;;;;/h2-9,21H,1H3,(H,22,23)(H,24,25,26);;;;/q;2*+1;2*-1. The van der Waals surface area contributed by atoms with E-state index < -0.39 is 26.7 Å². The second kappa shape index (κ2) is 10.1. The van der Waals surface area contributed by atoms with Crippen LogP contribution in [0.3, 0.4) is 0 Å².